The van der Waals surface area contributed by atoms with Crippen molar-refractivity contribution in [3.05, 3.63) is 73.1 Å². The number of hydrogen-bond donors (Lipinski definition) is 1. The lowest BCUT2D eigenvalue weighted by atomic mass is 10.1. The molecule has 0 saturated heterocycles. The van der Waals surface area contributed by atoms with Gasteiger partial charge in [-0.05, 0) is 50.1 Å². The number of anilines is 2. The molecule has 3 heterocycles. The molecule has 1 aliphatic rings. The lowest BCUT2D eigenvalue weighted by Gasteiger charge is -2.27. The Bertz CT molecular complexity index is 960. The van der Waals surface area contributed by atoms with E-state index in [2.05, 4.69) is 63.5 Å². The van der Waals surface area contributed by atoms with Gasteiger partial charge in [0.05, 0.1) is 11.4 Å². The molecular weight excluding hydrogens is 360 g/mol. The molecule has 0 bridgehead atoms. The molecule has 0 radical (unpaired) electrons. The third kappa shape index (κ3) is 4.71. The van der Waals surface area contributed by atoms with E-state index in [1.54, 1.807) is 12.3 Å². The Labute approximate surface area is 173 Å². The van der Waals surface area contributed by atoms with Crippen molar-refractivity contribution in [3.63, 3.8) is 0 Å². The van der Waals surface area contributed by atoms with E-state index in [1.165, 1.54) is 0 Å². The predicted molar refractivity (Wildman–Crippen MR) is 122 cm³/mol. The summed E-state index contributed by atoms with van der Waals surface area (Å²) < 4.78 is 0. The second-order valence-electron chi connectivity index (χ2n) is 6.96. The summed E-state index contributed by atoms with van der Waals surface area (Å²) in [5, 5.41) is 3.29. The lowest BCUT2D eigenvalue weighted by Crippen LogP contribution is -2.31. The van der Waals surface area contributed by atoms with Crippen molar-refractivity contribution in [1.29, 1.82) is 0 Å². The smallest absolute Gasteiger partial charge is 0.158 e. The number of hydrogen-bond acceptors (Lipinski definition) is 6. The molecule has 1 aliphatic heterocycles. The first-order valence-electron chi connectivity index (χ1n) is 9.72. The topological polar surface area (TPSA) is 56.7 Å². The van der Waals surface area contributed by atoms with Gasteiger partial charge in [-0.1, -0.05) is 19.2 Å². The number of aromatic nitrogens is 2. The number of rotatable bonds is 6. The van der Waals surface area contributed by atoms with Crippen molar-refractivity contribution in [2.24, 2.45) is 4.99 Å². The molecule has 29 heavy (non-hydrogen) atoms. The van der Waals surface area contributed by atoms with Crippen LogP contribution in [0.4, 0.5) is 11.5 Å². The van der Waals surface area contributed by atoms with Gasteiger partial charge in [-0.2, -0.15) is 0 Å². The van der Waals surface area contributed by atoms with E-state index in [9.17, 15) is 0 Å². The summed E-state index contributed by atoms with van der Waals surface area (Å²) >= 11 is 0. The molecule has 0 amide bonds. The van der Waals surface area contributed by atoms with Crippen LogP contribution in [0, 0.1) is 6.92 Å². The highest BCUT2D eigenvalue weighted by Crippen LogP contribution is 2.34. The third-order valence-corrected chi connectivity index (χ3v) is 4.71. The molecular formula is C23H28N6. The molecule has 0 aromatic carbocycles. The van der Waals surface area contributed by atoms with Crippen LogP contribution in [-0.2, 0) is 0 Å². The molecule has 1 N–H and O–H groups in total. The maximum Gasteiger partial charge on any atom is 0.158 e. The number of aliphatic imine (C=N–C) groups is 1. The quantitative estimate of drug-likeness (QED) is 0.591. The van der Waals surface area contributed by atoms with E-state index in [-0.39, 0.29) is 0 Å². The Balaban J connectivity index is 2.01. The van der Waals surface area contributed by atoms with Crippen molar-refractivity contribution in [2.75, 3.05) is 29.9 Å². The first-order chi connectivity index (χ1) is 14.0. The number of fused-ring (bicyclic) bond motifs is 1. The zero-order valence-corrected chi connectivity index (χ0v) is 17.4. The van der Waals surface area contributed by atoms with Gasteiger partial charge >= 0.3 is 0 Å². The molecule has 2 aromatic rings. The van der Waals surface area contributed by atoms with Crippen LogP contribution in [0.15, 0.2) is 72.5 Å². The van der Waals surface area contributed by atoms with E-state index in [0.717, 1.165) is 53.7 Å². The van der Waals surface area contributed by atoms with Crippen LogP contribution in [-0.4, -0.2) is 36.3 Å². The summed E-state index contributed by atoms with van der Waals surface area (Å²) in [4.78, 5) is 18.0. The van der Waals surface area contributed by atoms with Crippen LogP contribution in [0.2, 0.25) is 0 Å². The van der Waals surface area contributed by atoms with Gasteiger partial charge in [-0.25, -0.2) is 9.98 Å². The SMILES string of the molecule is C=C/C=C(\N=CC)NC(=C)N1CCCN(C)c2ccc(-c3cncc(C)c3)nc21. The van der Waals surface area contributed by atoms with Gasteiger partial charge in [0.1, 0.15) is 11.6 Å². The molecule has 150 valence electrons. The highest BCUT2D eigenvalue weighted by atomic mass is 15.3. The van der Waals surface area contributed by atoms with Crippen molar-refractivity contribution in [3.8, 4) is 11.3 Å². The molecule has 0 unspecified atom stereocenters. The Morgan fingerprint density at radius 3 is 2.83 bits per heavy atom. The summed E-state index contributed by atoms with van der Waals surface area (Å²) in [6.07, 6.45) is 9.94. The van der Waals surface area contributed by atoms with Crippen molar-refractivity contribution < 1.29 is 0 Å². The molecule has 3 rings (SSSR count). The van der Waals surface area contributed by atoms with Crippen LogP contribution >= 0.6 is 0 Å². The van der Waals surface area contributed by atoms with Crippen LogP contribution in [0.3, 0.4) is 0 Å². The Morgan fingerprint density at radius 1 is 1.28 bits per heavy atom. The summed E-state index contributed by atoms with van der Waals surface area (Å²) in [6, 6.07) is 6.27. The maximum atomic E-state index is 5.00. The molecule has 0 fully saturated rings. The fourth-order valence-electron chi connectivity index (χ4n) is 3.33. The molecule has 0 atom stereocenters. The van der Waals surface area contributed by atoms with E-state index >= 15 is 0 Å². The molecule has 0 saturated carbocycles. The van der Waals surface area contributed by atoms with Crippen LogP contribution < -0.4 is 15.1 Å². The predicted octanol–water partition coefficient (Wildman–Crippen LogP) is 4.28. The number of aryl methyl sites for hydroxylation is 1. The zero-order chi connectivity index (χ0) is 20.8. The molecule has 0 aliphatic carbocycles. The van der Waals surface area contributed by atoms with Gasteiger partial charge in [0, 0.05) is 44.3 Å². The van der Waals surface area contributed by atoms with E-state index in [0.29, 0.717) is 5.82 Å². The number of allylic oxidation sites excluding steroid dienone is 2. The summed E-state index contributed by atoms with van der Waals surface area (Å²) in [6.45, 7) is 13.7. The fraction of sp³-hybridized carbons (Fsp3) is 0.261. The Morgan fingerprint density at radius 2 is 2.10 bits per heavy atom. The summed E-state index contributed by atoms with van der Waals surface area (Å²) in [7, 11) is 2.10. The normalized spacial score (nSPS) is 14.5. The van der Waals surface area contributed by atoms with Gasteiger partial charge in [-0.3, -0.25) is 4.98 Å². The minimum absolute atomic E-state index is 0.686. The first kappa shape index (κ1) is 20.3. The van der Waals surface area contributed by atoms with Gasteiger partial charge in [0.2, 0.25) is 0 Å². The molecule has 6 nitrogen and oxygen atoms in total. The van der Waals surface area contributed by atoms with E-state index < -0.39 is 0 Å². The van der Waals surface area contributed by atoms with Gasteiger partial charge < -0.3 is 15.1 Å². The van der Waals surface area contributed by atoms with Gasteiger partial charge in [-0.15, -0.1) is 0 Å². The lowest BCUT2D eigenvalue weighted by molar-refractivity contribution is 0.757. The minimum Gasteiger partial charge on any atom is -0.372 e. The van der Waals surface area contributed by atoms with Crippen molar-refractivity contribution in [2.45, 2.75) is 20.3 Å². The average molecular weight is 389 g/mol. The van der Waals surface area contributed by atoms with Gasteiger partial charge in [0.15, 0.2) is 5.82 Å². The number of nitrogens with zero attached hydrogens (tertiary/aromatic N) is 5. The molecule has 0 spiro atoms. The monoisotopic (exact) mass is 388 g/mol. The number of pyridine rings is 2. The van der Waals surface area contributed by atoms with Crippen LogP contribution in [0.25, 0.3) is 11.3 Å². The third-order valence-electron chi connectivity index (χ3n) is 4.71. The van der Waals surface area contributed by atoms with E-state index in [4.69, 9.17) is 4.98 Å². The Kier molecular flexibility index (Phi) is 6.44. The standard InChI is InChI=1S/C23H28N6/c1-6-9-22(25-7-2)26-18(4)29-13-8-12-28(5)21-11-10-20(27-23(21)29)19-14-17(3)15-24-16-19/h6-7,9-11,14-16,26H,1,4,8,12-13H2,2-3,5H3/b22-9+,25-7?. The van der Waals surface area contributed by atoms with Crippen LogP contribution in [0.1, 0.15) is 18.9 Å². The second kappa shape index (κ2) is 9.19. The number of nitrogens with one attached hydrogen (secondary N) is 1. The molecule has 6 heteroatoms. The maximum absolute atomic E-state index is 5.00. The highest BCUT2D eigenvalue weighted by Gasteiger charge is 2.23. The highest BCUT2D eigenvalue weighted by molar-refractivity contribution is 5.74. The van der Waals surface area contributed by atoms with Crippen molar-refractivity contribution in [1.82, 2.24) is 15.3 Å². The van der Waals surface area contributed by atoms with Crippen LogP contribution in [0.5, 0.6) is 0 Å². The summed E-state index contributed by atoms with van der Waals surface area (Å²) in [5.41, 5.74) is 4.07. The minimum atomic E-state index is 0.686. The zero-order valence-electron chi connectivity index (χ0n) is 17.4. The second-order valence-corrected chi connectivity index (χ2v) is 6.96. The first-order valence-corrected chi connectivity index (χ1v) is 9.72. The van der Waals surface area contributed by atoms with Crippen molar-refractivity contribution >= 4 is 17.7 Å². The Hall–Kier alpha value is -3.41. The summed E-state index contributed by atoms with van der Waals surface area (Å²) in [5.74, 6) is 2.29. The fourth-order valence-corrected chi connectivity index (χ4v) is 3.33. The van der Waals surface area contributed by atoms with E-state index in [1.807, 2.05) is 32.3 Å². The molecule has 2 aromatic heterocycles. The largest absolute Gasteiger partial charge is 0.372 e. The van der Waals surface area contributed by atoms with Gasteiger partial charge in [0.25, 0.3) is 0 Å². The average Bonchev–Trinajstić information content (AvgIpc) is 2.87.